The van der Waals surface area contributed by atoms with Gasteiger partial charge in [0.2, 0.25) is 0 Å². The van der Waals surface area contributed by atoms with Gasteiger partial charge < -0.3 is 14.8 Å². The molecule has 2 aromatic rings. The fourth-order valence-electron chi connectivity index (χ4n) is 1.96. The van der Waals surface area contributed by atoms with Crippen LogP contribution in [0.1, 0.15) is 24.2 Å². The molecule has 4 nitrogen and oxygen atoms in total. The molecule has 2 rings (SSSR count). The first-order chi connectivity index (χ1) is 11.4. The van der Waals surface area contributed by atoms with Crippen molar-refractivity contribution < 1.29 is 18.7 Å². The summed E-state index contributed by atoms with van der Waals surface area (Å²) >= 11 is 5.71. The summed E-state index contributed by atoms with van der Waals surface area (Å²) in [6.45, 7) is 4.64. The summed E-state index contributed by atoms with van der Waals surface area (Å²) in [6, 6.07) is 8.91. The van der Waals surface area contributed by atoms with E-state index in [0.717, 1.165) is 0 Å². The topological polar surface area (TPSA) is 47.6 Å². The van der Waals surface area contributed by atoms with Crippen LogP contribution in [0.5, 0.6) is 11.5 Å². The van der Waals surface area contributed by atoms with E-state index in [1.165, 1.54) is 25.3 Å². The van der Waals surface area contributed by atoms with Crippen LogP contribution in [0.15, 0.2) is 36.4 Å². The molecule has 1 amide bonds. The summed E-state index contributed by atoms with van der Waals surface area (Å²) in [7, 11) is 1.51. The van der Waals surface area contributed by atoms with E-state index in [4.69, 9.17) is 21.1 Å². The van der Waals surface area contributed by atoms with Gasteiger partial charge >= 0.3 is 0 Å². The van der Waals surface area contributed by atoms with Gasteiger partial charge in [-0.2, -0.15) is 0 Å². The van der Waals surface area contributed by atoms with Crippen LogP contribution in [-0.2, 0) is 0 Å². The number of nitrogens with one attached hydrogen (secondary N) is 1. The first kappa shape index (κ1) is 18.1. The van der Waals surface area contributed by atoms with Crippen LogP contribution in [0.4, 0.5) is 10.1 Å². The lowest BCUT2D eigenvalue weighted by molar-refractivity contribution is 0.102. The van der Waals surface area contributed by atoms with Crippen LogP contribution in [0, 0.1) is 11.7 Å². The summed E-state index contributed by atoms with van der Waals surface area (Å²) in [4.78, 5) is 12.3. The van der Waals surface area contributed by atoms with Gasteiger partial charge in [0.1, 0.15) is 5.82 Å². The Hall–Kier alpha value is -2.27. The predicted octanol–water partition coefficient (Wildman–Crippen LogP) is 4.77. The zero-order chi connectivity index (χ0) is 17.7. The van der Waals surface area contributed by atoms with E-state index in [-0.39, 0.29) is 10.9 Å². The average molecular weight is 352 g/mol. The van der Waals surface area contributed by atoms with Crippen molar-refractivity contribution in [1.82, 2.24) is 0 Å². The average Bonchev–Trinajstić information content (AvgIpc) is 2.56. The third-order valence-electron chi connectivity index (χ3n) is 3.18. The Kier molecular flexibility index (Phi) is 6.04. The molecule has 0 aliphatic heterocycles. The molecule has 0 radical (unpaired) electrons. The fourth-order valence-corrected chi connectivity index (χ4v) is 2.14. The van der Waals surface area contributed by atoms with Crippen LogP contribution >= 0.6 is 11.6 Å². The van der Waals surface area contributed by atoms with E-state index in [2.05, 4.69) is 5.32 Å². The molecule has 0 aliphatic carbocycles. The summed E-state index contributed by atoms with van der Waals surface area (Å²) < 4.78 is 24.1. The zero-order valence-corrected chi connectivity index (χ0v) is 14.5. The lowest BCUT2D eigenvalue weighted by Crippen LogP contribution is -2.12. The third-order valence-corrected chi connectivity index (χ3v) is 3.47. The van der Waals surface area contributed by atoms with Crippen molar-refractivity contribution in [1.29, 1.82) is 0 Å². The molecule has 0 saturated carbocycles. The Morgan fingerprint density at radius 1 is 1.21 bits per heavy atom. The molecule has 0 atom stereocenters. The van der Waals surface area contributed by atoms with Crippen molar-refractivity contribution in [2.24, 2.45) is 5.92 Å². The van der Waals surface area contributed by atoms with Crippen LogP contribution in [0.2, 0.25) is 5.02 Å². The minimum atomic E-state index is -0.539. The van der Waals surface area contributed by atoms with Crippen molar-refractivity contribution in [2.45, 2.75) is 13.8 Å². The molecule has 0 bridgehead atoms. The molecule has 0 unspecified atom stereocenters. The number of carbonyl (C=O) groups is 1. The molecule has 24 heavy (non-hydrogen) atoms. The van der Waals surface area contributed by atoms with E-state index in [1.807, 2.05) is 13.8 Å². The highest BCUT2D eigenvalue weighted by Gasteiger charge is 2.12. The number of hydrogen-bond donors (Lipinski definition) is 1. The number of amides is 1. The summed E-state index contributed by atoms with van der Waals surface area (Å²) in [5.41, 5.74) is 0.801. The lowest BCUT2D eigenvalue weighted by Gasteiger charge is -2.13. The van der Waals surface area contributed by atoms with Gasteiger partial charge in [-0.25, -0.2) is 4.39 Å². The number of hydrogen-bond acceptors (Lipinski definition) is 3. The van der Waals surface area contributed by atoms with Gasteiger partial charge in [0.15, 0.2) is 11.5 Å². The van der Waals surface area contributed by atoms with Gasteiger partial charge in [0, 0.05) is 11.3 Å². The second-order valence-corrected chi connectivity index (χ2v) is 6.06. The minimum Gasteiger partial charge on any atom is -0.493 e. The normalized spacial score (nSPS) is 10.6. The highest BCUT2D eigenvalue weighted by Crippen LogP contribution is 2.29. The monoisotopic (exact) mass is 351 g/mol. The first-order valence-electron chi connectivity index (χ1n) is 7.48. The molecule has 0 aliphatic rings. The first-order valence-corrected chi connectivity index (χ1v) is 7.85. The summed E-state index contributed by atoms with van der Waals surface area (Å²) in [5.74, 6) is 0.531. The number of rotatable bonds is 6. The molecule has 128 valence electrons. The lowest BCUT2D eigenvalue weighted by atomic mass is 10.1. The smallest absolute Gasteiger partial charge is 0.255 e. The van der Waals surface area contributed by atoms with E-state index in [0.29, 0.717) is 35.3 Å². The van der Waals surface area contributed by atoms with E-state index >= 15 is 0 Å². The van der Waals surface area contributed by atoms with Gasteiger partial charge in [-0.05, 0) is 42.3 Å². The number of halogens is 2. The maximum absolute atomic E-state index is 13.2. The Morgan fingerprint density at radius 2 is 1.96 bits per heavy atom. The second-order valence-electron chi connectivity index (χ2n) is 5.65. The Balaban J connectivity index is 2.15. The van der Waals surface area contributed by atoms with Crippen molar-refractivity contribution >= 4 is 23.2 Å². The molecule has 6 heteroatoms. The highest BCUT2D eigenvalue weighted by molar-refractivity contribution is 6.31. The Labute approximate surface area is 145 Å². The molecular formula is C18H19ClFNO3. The minimum absolute atomic E-state index is 0.0530. The number of benzene rings is 2. The quantitative estimate of drug-likeness (QED) is 0.815. The molecule has 0 spiro atoms. The van der Waals surface area contributed by atoms with Crippen molar-refractivity contribution in [3.05, 3.63) is 52.8 Å². The Morgan fingerprint density at radius 3 is 2.58 bits per heavy atom. The van der Waals surface area contributed by atoms with Crippen LogP contribution in [0.25, 0.3) is 0 Å². The van der Waals surface area contributed by atoms with Gasteiger partial charge in [0.25, 0.3) is 5.91 Å². The van der Waals surface area contributed by atoms with Gasteiger partial charge in [-0.1, -0.05) is 25.4 Å². The number of ether oxygens (including phenoxy) is 2. The highest BCUT2D eigenvalue weighted by atomic mass is 35.5. The van der Waals surface area contributed by atoms with Gasteiger partial charge in [0.05, 0.1) is 18.7 Å². The standard InChI is InChI=1S/C18H19ClFNO3/c1-11(2)10-24-16-7-4-12(8-17(16)23-3)18(22)21-13-5-6-15(20)14(19)9-13/h4-9,11H,10H2,1-3H3,(H,21,22). The number of anilines is 1. The van der Waals surface area contributed by atoms with E-state index in [9.17, 15) is 9.18 Å². The number of carbonyl (C=O) groups excluding carboxylic acids is 1. The molecular weight excluding hydrogens is 333 g/mol. The summed E-state index contributed by atoms with van der Waals surface area (Å²) in [6.07, 6.45) is 0. The molecule has 1 N–H and O–H groups in total. The third kappa shape index (κ3) is 4.61. The SMILES string of the molecule is COc1cc(C(=O)Nc2ccc(F)c(Cl)c2)ccc1OCC(C)C. The zero-order valence-electron chi connectivity index (χ0n) is 13.7. The van der Waals surface area contributed by atoms with E-state index in [1.54, 1.807) is 18.2 Å². The second kappa shape index (κ2) is 8.02. The van der Waals surface area contributed by atoms with Crippen LogP contribution in [0.3, 0.4) is 0 Å². The van der Waals surface area contributed by atoms with Crippen LogP contribution < -0.4 is 14.8 Å². The molecule has 0 aromatic heterocycles. The maximum atomic E-state index is 13.2. The van der Waals surface area contributed by atoms with Crippen LogP contribution in [-0.4, -0.2) is 19.6 Å². The Bertz CT molecular complexity index is 734. The summed E-state index contributed by atoms with van der Waals surface area (Å²) in [5, 5.41) is 2.61. The fraction of sp³-hybridized carbons (Fsp3) is 0.278. The van der Waals surface area contributed by atoms with Crippen molar-refractivity contribution in [3.8, 4) is 11.5 Å². The molecule has 0 saturated heterocycles. The molecule has 2 aromatic carbocycles. The van der Waals surface area contributed by atoms with Crippen molar-refractivity contribution in [3.63, 3.8) is 0 Å². The number of methoxy groups -OCH3 is 1. The van der Waals surface area contributed by atoms with Crippen molar-refractivity contribution in [2.75, 3.05) is 19.0 Å². The van der Waals surface area contributed by atoms with E-state index < -0.39 is 5.82 Å². The molecule has 0 heterocycles. The van der Waals surface area contributed by atoms with Gasteiger partial charge in [-0.15, -0.1) is 0 Å². The maximum Gasteiger partial charge on any atom is 0.255 e. The predicted molar refractivity (Wildman–Crippen MR) is 92.7 cm³/mol. The molecule has 0 fully saturated rings. The largest absolute Gasteiger partial charge is 0.493 e. The van der Waals surface area contributed by atoms with Gasteiger partial charge in [-0.3, -0.25) is 4.79 Å².